The first kappa shape index (κ1) is 23.7. The fourth-order valence-corrected chi connectivity index (χ4v) is 6.63. The molecule has 1 N–H and O–H groups in total. The topological polar surface area (TPSA) is 54.6 Å². The molecule has 0 bridgehead atoms. The van der Waals surface area contributed by atoms with E-state index in [-0.39, 0.29) is 29.9 Å². The van der Waals surface area contributed by atoms with Gasteiger partial charge in [-0.3, -0.25) is 9.29 Å². The molecule has 5 rings (SSSR count). The standard InChI is InChI=1S/C27H34FN3O2S/c1-18(2)34(32)31-19(3)14-24-23-6-4-5-7-25(23)29-26(24)27(31)21-8-10-22(11-9-21)33-13-12-30-16-20(15-28)17-30/h4-11,18-20,27,29H,12-17H2,1-3H3/t19-,27-,34?/m1/s1. The number of fused-ring (bicyclic) bond motifs is 3. The maximum Gasteiger partial charge on any atom is 0.130 e. The van der Waals surface area contributed by atoms with Gasteiger partial charge in [0.15, 0.2) is 0 Å². The zero-order valence-electron chi connectivity index (χ0n) is 20.2. The van der Waals surface area contributed by atoms with Crippen LogP contribution in [0.1, 0.15) is 43.6 Å². The minimum atomic E-state index is -1.11. The van der Waals surface area contributed by atoms with Crippen LogP contribution < -0.4 is 4.74 Å². The molecule has 2 aromatic carbocycles. The number of ether oxygens (including phenoxy) is 1. The largest absolute Gasteiger partial charge is 0.598 e. The summed E-state index contributed by atoms with van der Waals surface area (Å²) >= 11 is -1.11. The second kappa shape index (κ2) is 9.90. The van der Waals surface area contributed by atoms with Gasteiger partial charge >= 0.3 is 0 Å². The van der Waals surface area contributed by atoms with Gasteiger partial charge in [0.1, 0.15) is 23.6 Å². The summed E-state index contributed by atoms with van der Waals surface area (Å²) in [6, 6.07) is 16.7. The van der Waals surface area contributed by atoms with E-state index in [2.05, 4.69) is 57.5 Å². The third-order valence-electron chi connectivity index (χ3n) is 7.04. The molecule has 34 heavy (non-hydrogen) atoms. The molecule has 5 nitrogen and oxygen atoms in total. The first-order valence-corrected chi connectivity index (χ1v) is 13.4. The van der Waals surface area contributed by atoms with Crippen LogP contribution in [0.5, 0.6) is 5.75 Å². The lowest BCUT2D eigenvalue weighted by Gasteiger charge is -2.41. The molecule has 2 aliphatic rings. The van der Waals surface area contributed by atoms with Gasteiger partial charge in [-0.25, -0.2) is 0 Å². The Labute approximate surface area is 204 Å². The Morgan fingerprint density at radius 1 is 1.15 bits per heavy atom. The molecule has 0 spiro atoms. The van der Waals surface area contributed by atoms with E-state index in [4.69, 9.17) is 4.74 Å². The van der Waals surface area contributed by atoms with Crippen molar-refractivity contribution in [2.45, 2.75) is 44.5 Å². The van der Waals surface area contributed by atoms with Crippen LogP contribution in [0.4, 0.5) is 4.39 Å². The number of para-hydroxylation sites is 1. The second-order valence-electron chi connectivity index (χ2n) is 9.90. The minimum absolute atomic E-state index is 0.0389. The van der Waals surface area contributed by atoms with Crippen molar-refractivity contribution in [3.05, 3.63) is 65.4 Å². The Bertz CT molecular complexity index is 1110. The quantitative estimate of drug-likeness (QED) is 0.465. The van der Waals surface area contributed by atoms with E-state index in [0.717, 1.165) is 48.6 Å². The lowest BCUT2D eigenvalue weighted by Crippen LogP contribution is -2.49. The molecule has 1 fully saturated rings. The molecule has 7 heteroatoms. The highest BCUT2D eigenvalue weighted by atomic mass is 32.2. The van der Waals surface area contributed by atoms with Gasteiger partial charge in [0, 0.05) is 53.5 Å². The van der Waals surface area contributed by atoms with E-state index < -0.39 is 11.4 Å². The summed E-state index contributed by atoms with van der Waals surface area (Å²) in [6.45, 7) is 9.06. The highest BCUT2D eigenvalue weighted by Crippen LogP contribution is 2.43. The maximum atomic E-state index is 13.4. The van der Waals surface area contributed by atoms with Crippen molar-refractivity contribution >= 4 is 22.3 Å². The number of H-pyrrole nitrogens is 1. The van der Waals surface area contributed by atoms with Crippen LogP contribution in [0.25, 0.3) is 10.9 Å². The number of aromatic amines is 1. The lowest BCUT2D eigenvalue weighted by atomic mass is 9.91. The fourth-order valence-electron chi connectivity index (χ4n) is 5.28. The van der Waals surface area contributed by atoms with E-state index in [1.54, 1.807) is 0 Å². The van der Waals surface area contributed by atoms with E-state index in [1.807, 2.05) is 26.0 Å². The van der Waals surface area contributed by atoms with Crippen LogP contribution in [0.15, 0.2) is 48.5 Å². The molecule has 0 saturated carbocycles. The average Bonchev–Trinajstić information content (AvgIpc) is 3.17. The fraction of sp³-hybridized carbons (Fsp3) is 0.481. The highest BCUT2D eigenvalue weighted by molar-refractivity contribution is 7.89. The SMILES string of the molecule is CC(C)[S+]([O-])N1[C@H](c2ccc(OCCN3CC(CF)C3)cc2)c2[nH]c3ccccc3c2C[C@H]1C. The summed E-state index contributed by atoms with van der Waals surface area (Å²) in [7, 11) is 0. The van der Waals surface area contributed by atoms with Crippen LogP contribution >= 0.6 is 0 Å². The number of nitrogens with one attached hydrogen (secondary N) is 1. The summed E-state index contributed by atoms with van der Waals surface area (Å²) in [5.41, 5.74) is 4.70. The third kappa shape index (κ3) is 4.47. The molecular formula is C27H34FN3O2S. The van der Waals surface area contributed by atoms with Gasteiger partial charge in [0.2, 0.25) is 0 Å². The van der Waals surface area contributed by atoms with Crippen molar-refractivity contribution in [2.24, 2.45) is 5.92 Å². The monoisotopic (exact) mass is 483 g/mol. The Balaban J connectivity index is 1.39. The van der Waals surface area contributed by atoms with Crippen LogP contribution in [0, 0.1) is 5.92 Å². The van der Waals surface area contributed by atoms with E-state index in [0.29, 0.717) is 6.61 Å². The van der Waals surface area contributed by atoms with Crippen molar-refractivity contribution in [2.75, 3.05) is 32.9 Å². The van der Waals surface area contributed by atoms with Crippen LogP contribution in [-0.4, -0.2) is 62.9 Å². The third-order valence-corrected chi connectivity index (χ3v) is 8.84. The number of likely N-dealkylation sites (tertiary alicyclic amines) is 1. The van der Waals surface area contributed by atoms with Crippen molar-refractivity contribution in [1.29, 1.82) is 0 Å². The maximum absolute atomic E-state index is 13.4. The summed E-state index contributed by atoms with van der Waals surface area (Å²) in [5, 5.41) is 1.29. The predicted molar refractivity (Wildman–Crippen MR) is 136 cm³/mol. The number of halogens is 1. The van der Waals surface area contributed by atoms with Crippen LogP contribution in [-0.2, 0) is 17.8 Å². The predicted octanol–water partition coefficient (Wildman–Crippen LogP) is 4.86. The Kier molecular flexibility index (Phi) is 6.89. The number of alkyl halides is 1. The lowest BCUT2D eigenvalue weighted by molar-refractivity contribution is 0.0668. The molecule has 0 aliphatic carbocycles. The van der Waals surface area contributed by atoms with E-state index in [9.17, 15) is 8.94 Å². The second-order valence-corrected chi connectivity index (χ2v) is 11.8. The molecule has 3 heterocycles. The van der Waals surface area contributed by atoms with Crippen molar-refractivity contribution in [1.82, 2.24) is 14.2 Å². The Morgan fingerprint density at radius 2 is 1.88 bits per heavy atom. The van der Waals surface area contributed by atoms with E-state index >= 15 is 0 Å². The van der Waals surface area contributed by atoms with Gasteiger partial charge in [0.25, 0.3) is 0 Å². The zero-order chi connectivity index (χ0) is 23.8. The molecule has 0 amide bonds. The van der Waals surface area contributed by atoms with Gasteiger partial charge in [-0.1, -0.05) is 30.3 Å². The van der Waals surface area contributed by atoms with Crippen molar-refractivity contribution in [3.8, 4) is 5.75 Å². The average molecular weight is 484 g/mol. The first-order valence-electron chi connectivity index (χ1n) is 12.3. The summed E-state index contributed by atoms with van der Waals surface area (Å²) in [6.07, 6.45) is 0.870. The van der Waals surface area contributed by atoms with Crippen molar-refractivity contribution < 1.29 is 13.7 Å². The van der Waals surface area contributed by atoms with Crippen LogP contribution in [0.3, 0.4) is 0 Å². The number of hydrogen-bond donors (Lipinski definition) is 1. The molecule has 0 radical (unpaired) electrons. The molecule has 182 valence electrons. The van der Waals surface area contributed by atoms with Crippen LogP contribution in [0.2, 0.25) is 0 Å². The van der Waals surface area contributed by atoms with E-state index in [1.165, 1.54) is 10.9 Å². The molecule has 1 aromatic heterocycles. The highest BCUT2D eigenvalue weighted by Gasteiger charge is 2.43. The van der Waals surface area contributed by atoms with Gasteiger partial charge in [-0.05, 0) is 56.5 Å². The Morgan fingerprint density at radius 3 is 2.59 bits per heavy atom. The molecule has 1 saturated heterocycles. The summed E-state index contributed by atoms with van der Waals surface area (Å²) in [5.74, 6) is 1.02. The van der Waals surface area contributed by atoms with Gasteiger partial charge < -0.3 is 14.3 Å². The van der Waals surface area contributed by atoms with Gasteiger partial charge in [-0.15, -0.1) is 4.31 Å². The molecule has 2 aliphatic heterocycles. The number of aromatic nitrogens is 1. The summed E-state index contributed by atoms with van der Waals surface area (Å²) < 4.78 is 34.2. The Hall–Kier alpha value is -2.06. The molecule has 3 aromatic rings. The number of rotatable bonds is 8. The minimum Gasteiger partial charge on any atom is -0.598 e. The number of benzene rings is 2. The number of nitrogens with zero attached hydrogens (tertiary/aromatic N) is 2. The van der Waals surface area contributed by atoms with Crippen molar-refractivity contribution in [3.63, 3.8) is 0 Å². The normalized spacial score (nSPS) is 22.6. The van der Waals surface area contributed by atoms with Gasteiger partial charge in [-0.2, -0.15) is 0 Å². The zero-order valence-corrected chi connectivity index (χ0v) is 21.0. The summed E-state index contributed by atoms with van der Waals surface area (Å²) in [4.78, 5) is 5.87. The molecule has 1 unspecified atom stereocenters. The molecular weight excluding hydrogens is 449 g/mol. The van der Waals surface area contributed by atoms with Gasteiger partial charge in [0.05, 0.1) is 12.7 Å². The smallest absolute Gasteiger partial charge is 0.130 e. The molecule has 3 atom stereocenters. The number of hydrogen-bond acceptors (Lipinski definition) is 4. The first-order chi connectivity index (χ1) is 16.5.